The largest absolute Gasteiger partial charge is 0.483 e. The van der Waals surface area contributed by atoms with Gasteiger partial charge in [-0.2, -0.15) is 5.10 Å². The van der Waals surface area contributed by atoms with Crippen molar-refractivity contribution < 1.29 is 14.5 Å². The number of nitro groups is 1. The van der Waals surface area contributed by atoms with E-state index in [1.807, 2.05) is 32.9 Å². The maximum absolute atomic E-state index is 11.9. The van der Waals surface area contributed by atoms with Crippen LogP contribution in [0.4, 0.5) is 5.69 Å². The van der Waals surface area contributed by atoms with Crippen LogP contribution >= 0.6 is 15.9 Å². The van der Waals surface area contributed by atoms with E-state index in [1.165, 1.54) is 18.3 Å². The fourth-order valence-corrected chi connectivity index (χ4v) is 2.68. The van der Waals surface area contributed by atoms with Crippen molar-refractivity contribution in [2.24, 2.45) is 5.10 Å². The van der Waals surface area contributed by atoms with Crippen molar-refractivity contribution in [1.29, 1.82) is 0 Å². The molecule has 0 heterocycles. The second-order valence-electron chi connectivity index (χ2n) is 6.23. The predicted molar refractivity (Wildman–Crippen MR) is 107 cm³/mol. The summed E-state index contributed by atoms with van der Waals surface area (Å²) in [5.41, 5.74) is 4.83. The molecule has 8 heteroatoms. The van der Waals surface area contributed by atoms with Gasteiger partial charge in [0.05, 0.1) is 11.1 Å². The number of benzene rings is 2. The summed E-state index contributed by atoms with van der Waals surface area (Å²) in [7, 11) is 0. The highest BCUT2D eigenvalue weighted by Gasteiger charge is 2.12. The van der Waals surface area contributed by atoms with Gasteiger partial charge in [0.25, 0.3) is 11.6 Å². The normalized spacial score (nSPS) is 11.0. The van der Waals surface area contributed by atoms with Crippen molar-refractivity contribution in [3.8, 4) is 5.75 Å². The van der Waals surface area contributed by atoms with E-state index in [2.05, 4.69) is 26.5 Å². The van der Waals surface area contributed by atoms with Gasteiger partial charge in [-0.05, 0) is 36.1 Å². The summed E-state index contributed by atoms with van der Waals surface area (Å²) in [6, 6.07) is 9.83. The Morgan fingerprint density at radius 3 is 2.78 bits per heavy atom. The lowest BCUT2D eigenvalue weighted by Gasteiger charge is -2.15. The van der Waals surface area contributed by atoms with Gasteiger partial charge in [0.1, 0.15) is 5.75 Å². The smallest absolute Gasteiger partial charge is 0.277 e. The number of carbonyl (C=O) groups excluding carboxylic acids is 1. The van der Waals surface area contributed by atoms with Gasteiger partial charge in [0.2, 0.25) is 0 Å². The number of nitrogens with zero attached hydrogens (tertiary/aromatic N) is 2. The van der Waals surface area contributed by atoms with Crippen molar-refractivity contribution in [1.82, 2.24) is 5.43 Å². The monoisotopic (exact) mass is 433 g/mol. The number of hydrazone groups is 1. The molecule has 0 radical (unpaired) electrons. The number of rotatable bonds is 7. The van der Waals surface area contributed by atoms with Crippen molar-refractivity contribution in [2.45, 2.75) is 26.7 Å². The number of aryl methyl sites for hydroxylation is 1. The first-order valence-corrected chi connectivity index (χ1v) is 9.06. The summed E-state index contributed by atoms with van der Waals surface area (Å²) in [5.74, 6) is 0.474. The van der Waals surface area contributed by atoms with Crippen LogP contribution < -0.4 is 10.2 Å². The van der Waals surface area contributed by atoms with Crippen LogP contribution in [0.3, 0.4) is 0 Å². The van der Waals surface area contributed by atoms with Crippen LogP contribution in [-0.4, -0.2) is 23.7 Å². The summed E-state index contributed by atoms with van der Waals surface area (Å²) in [6.45, 7) is 5.86. The maximum atomic E-state index is 11.9. The Kier molecular flexibility index (Phi) is 7.06. The van der Waals surface area contributed by atoms with Crippen molar-refractivity contribution in [3.63, 3.8) is 0 Å². The van der Waals surface area contributed by atoms with E-state index in [1.54, 1.807) is 12.1 Å². The Hall–Kier alpha value is -2.74. The Morgan fingerprint density at radius 2 is 2.11 bits per heavy atom. The number of halogens is 1. The minimum atomic E-state index is -0.490. The Morgan fingerprint density at radius 1 is 1.37 bits per heavy atom. The third-order valence-corrected chi connectivity index (χ3v) is 4.61. The lowest BCUT2D eigenvalue weighted by atomic mass is 10.0. The molecule has 0 saturated heterocycles. The molecule has 27 heavy (non-hydrogen) atoms. The zero-order valence-electron chi connectivity index (χ0n) is 15.2. The van der Waals surface area contributed by atoms with E-state index in [0.717, 1.165) is 15.6 Å². The van der Waals surface area contributed by atoms with Gasteiger partial charge in [-0.3, -0.25) is 14.9 Å². The third kappa shape index (κ3) is 5.89. The van der Waals surface area contributed by atoms with Crippen molar-refractivity contribution in [2.75, 3.05) is 6.61 Å². The fourth-order valence-electron chi connectivity index (χ4n) is 2.32. The third-order valence-electron chi connectivity index (χ3n) is 3.76. The molecule has 7 nitrogen and oxygen atoms in total. The summed E-state index contributed by atoms with van der Waals surface area (Å²) in [4.78, 5) is 22.2. The minimum absolute atomic E-state index is 0.0413. The number of amides is 1. The standard InChI is InChI=1S/C19H20BrN3O4/c1-12(2)16-9-17(20)13(3)7-18(16)27-11-19(24)22-21-10-14-5-4-6-15(8-14)23(25)26/h4-10,12H,11H2,1-3H3,(H,22,24). The number of hydrogen-bond acceptors (Lipinski definition) is 5. The van der Waals surface area contributed by atoms with Crippen LogP contribution in [0.5, 0.6) is 5.75 Å². The zero-order valence-corrected chi connectivity index (χ0v) is 16.8. The number of non-ortho nitro benzene ring substituents is 1. The number of nitrogens with one attached hydrogen (secondary N) is 1. The molecule has 2 rings (SSSR count). The molecule has 142 valence electrons. The van der Waals surface area contributed by atoms with Crippen molar-refractivity contribution in [3.05, 3.63) is 67.7 Å². The molecule has 2 aromatic rings. The Labute approximate surface area is 165 Å². The number of nitro benzene ring substituents is 1. The molecule has 0 fully saturated rings. The molecule has 1 N–H and O–H groups in total. The Balaban J connectivity index is 1.96. The van der Waals surface area contributed by atoms with Gasteiger partial charge in [0.15, 0.2) is 6.61 Å². The summed E-state index contributed by atoms with van der Waals surface area (Å²) < 4.78 is 6.64. The maximum Gasteiger partial charge on any atom is 0.277 e. The molecule has 0 atom stereocenters. The second kappa shape index (κ2) is 9.27. The van der Waals surface area contributed by atoms with Crippen LogP contribution in [0.2, 0.25) is 0 Å². The zero-order chi connectivity index (χ0) is 20.0. The quantitative estimate of drug-likeness (QED) is 0.399. The average molecular weight is 434 g/mol. The van der Waals surface area contributed by atoms with Gasteiger partial charge in [-0.1, -0.05) is 41.9 Å². The molecule has 2 aromatic carbocycles. The molecule has 0 saturated carbocycles. The first kappa shape index (κ1) is 20.6. The molecule has 1 amide bonds. The molecule has 0 aromatic heterocycles. The van der Waals surface area contributed by atoms with Crippen LogP contribution in [-0.2, 0) is 4.79 Å². The van der Waals surface area contributed by atoms with Gasteiger partial charge >= 0.3 is 0 Å². The number of carbonyl (C=O) groups is 1. The van der Waals surface area contributed by atoms with E-state index in [9.17, 15) is 14.9 Å². The highest BCUT2D eigenvalue weighted by Crippen LogP contribution is 2.32. The van der Waals surface area contributed by atoms with E-state index in [-0.39, 0.29) is 18.2 Å². The Bertz CT molecular complexity index is 881. The minimum Gasteiger partial charge on any atom is -0.483 e. The summed E-state index contributed by atoms with van der Waals surface area (Å²) >= 11 is 3.50. The predicted octanol–water partition coefficient (Wildman–Crippen LogP) is 4.32. The molecular formula is C19H20BrN3O4. The highest BCUT2D eigenvalue weighted by molar-refractivity contribution is 9.10. The van der Waals surface area contributed by atoms with E-state index < -0.39 is 10.8 Å². The summed E-state index contributed by atoms with van der Waals surface area (Å²) in [6.07, 6.45) is 1.34. The summed E-state index contributed by atoms with van der Waals surface area (Å²) in [5, 5.41) is 14.6. The van der Waals surface area contributed by atoms with Crippen LogP contribution in [0.25, 0.3) is 0 Å². The van der Waals surface area contributed by atoms with Gasteiger partial charge < -0.3 is 4.74 Å². The first-order valence-electron chi connectivity index (χ1n) is 8.27. The lowest BCUT2D eigenvalue weighted by molar-refractivity contribution is -0.384. The molecular weight excluding hydrogens is 414 g/mol. The first-order chi connectivity index (χ1) is 12.8. The van der Waals surface area contributed by atoms with Gasteiger partial charge in [-0.25, -0.2) is 5.43 Å². The van der Waals surface area contributed by atoms with Gasteiger partial charge in [-0.15, -0.1) is 0 Å². The molecule has 0 spiro atoms. The topological polar surface area (TPSA) is 93.8 Å². The molecule has 0 bridgehead atoms. The van der Waals surface area contributed by atoms with Crippen LogP contribution in [0.15, 0.2) is 46.0 Å². The SMILES string of the molecule is Cc1cc(OCC(=O)NN=Cc2cccc([N+](=O)[O-])c2)c(C(C)C)cc1Br. The second-order valence-corrected chi connectivity index (χ2v) is 7.08. The highest BCUT2D eigenvalue weighted by atomic mass is 79.9. The van der Waals surface area contributed by atoms with Crippen LogP contribution in [0.1, 0.15) is 36.5 Å². The van der Waals surface area contributed by atoms with E-state index in [4.69, 9.17) is 4.74 Å². The average Bonchev–Trinajstić information content (AvgIpc) is 2.62. The molecule has 0 aliphatic rings. The van der Waals surface area contributed by atoms with Crippen LogP contribution in [0, 0.1) is 17.0 Å². The van der Waals surface area contributed by atoms with E-state index >= 15 is 0 Å². The van der Waals surface area contributed by atoms with Gasteiger partial charge in [0, 0.05) is 22.2 Å². The molecule has 0 aliphatic heterocycles. The molecule has 0 unspecified atom stereocenters. The lowest BCUT2D eigenvalue weighted by Crippen LogP contribution is -2.25. The van der Waals surface area contributed by atoms with Crippen molar-refractivity contribution >= 4 is 33.7 Å². The number of hydrogen-bond donors (Lipinski definition) is 1. The molecule has 0 aliphatic carbocycles. The number of ether oxygens (including phenoxy) is 1. The fraction of sp³-hybridized carbons (Fsp3) is 0.263. The van der Waals surface area contributed by atoms with E-state index in [0.29, 0.717) is 11.3 Å².